The highest BCUT2D eigenvalue weighted by Crippen LogP contribution is 2.10. The van der Waals surface area contributed by atoms with E-state index in [9.17, 15) is 52.7 Å². The second-order valence-electron chi connectivity index (χ2n) is 16.9. The van der Waals surface area contributed by atoms with Gasteiger partial charge in [-0.2, -0.15) is 0 Å². The third-order valence-electron chi connectivity index (χ3n) is 10.5. The molecule has 0 saturated heterocycles. The molecule has 0 spiro atoms. The molecular weight excluding hydrogens is 961 g/mol. The van der Waals surface area contributed by atoms with Gasteiger partial charge in [-0.25, -0.2) is 4.79 Å². The van der Waals surface area contributed by atoms with Gasteiger partial charge in [0, 0.05) is 46.4 Å². The van der Waals surface area contributed by atoms with E-state index in [4.69, 9.17) is 45.5 Å². The van der Waals surface area contributed by atoms with Gasteiger partial charge >= 0.3 is 6.03 Å². The van der Waals surface area contributed by atoms with Gasteiger partial charge in [0.15, 0.2) is 11.9 Å². The standard InChI is InChI=1S/C42H78N20O11/c1-21(32(65)51-5)55-33(66)22(2)56-34(67)23(3)57-35(68)27(14-10-20-54-42(50)73)60-37(70)26(11-6-7-15-30(43)44)59-38(71)28(13-9-19-53-41(48)49)61-39(72)29(16-17-31(45)64)62-36(69)25(58-24(4)63)12-8-18-52-40(46)47/h21-23,25-29H,6-20H2,1-5H3,(H3,43,44)(H2,45,64)(H,51,65)(H,55,66)(H,56,67)(H,57,68)(H,58,63)(H,59,71)(H,60,70)(H,61,72)(H,62,69)(H4,46,47,52)(H4,48,49,53)(H3,50,54,73)/t21?,22-,23?,25-,26?,27-,28-,29?/m0/s1. The van der Waals surface area contributed by atoms with E-state index < -0.39 is 120 Å². The van der Waals surface area contributed by atoms with E-state index in [0.717, 1.165) is 0 Å². The van der Waals surface area contributed by atoms with Crippen molar-refractivity contribution in [3.63, 3.8) is 0 Å². The van der Waals surface area contributed by atoms with Crippen molar-refractivity contribution >= 4 is 82.9 Å². The number of hydrogen-bond acceptors (Lipinski definition) is 14. The van der Waals surface area contributed by atoms with Gasteiger partial charge in [0.25, 0.3) is 0 Å². The maximum atomic E-state index is 14.2. The van der Waals surface area contributed by atoms with Crippen molar-refractivity contribution in [3.8, 4) is 0 Å². The first-order chi connectivity index (χ1) is 34.2. The molecule has 31 nitrogen and oxygen atoms in total. The van der Waals surface area contributed by atoms with Crippen LogP contribution in [-0.4, -0.2) is 158 Å². The SMILES string of the molecule is CNC(=O)C(C)NC(=O)[C@H](C)NC(=O)C(C)NC(=O)[C@H](CCCNC(N)=O)NC(=O)C(CCCCC(=N)N)NC(=O)[C@H](CCCN=C(N)N)NC(=O)C(CCC(N)=O)NC(=O)[C@H](CCCN=C(N)N)NC(C)=O. The Morgan fingerprint density at radius 2 is 0.795 bits per heavy atom. The normalized spacial score (nSPS) is 13.9. The number of hydrogen-bond donors (Lipinski definition) is 18. The second kappa shape index (κ2) is 35.1. The summed E-state index contributed by atoms with van der Waals surface area (Å²) < 4.78 is 0. The Bertz CT molecular complexity index is 1980. The summed E-state index contributed by atoms with van der Waals surface area (Å²) in [5, 5.41) is 32.4. The smallest absolute Gasteiger partial charge is 0.312 e. The minimum absolute atomic E-state index is 0.0160. The molecule has 0 aromatic carbocycles. The first-order valence-electron chi connectivity index (χ1n) is 23.5. The van der Waals surface area contributed by atoms with E-state index in [1.54, 1.807) is 0 Å². The van der Waals surface area contributed by atoms with Crippen LogP contribution < -0.4 is 93.3 Å². The Balaban J connectivity index is 6.83. The number of unbranched alkanes of at least 4 members (excludes halogenated alkanes) is 1. The van der Waals surface area contributed by atoms with Gasteiger partial charge in [-0.05, 0) is 78.6 Å². The number of carbonyl (C=O) groups is 11. The van der Waals surface area contributed by atoms with Crippen LogP contribution in [0.1, 0.15) is 105 Å². The van der Waals surface area contributed by atoms with Crippen LogP contribution in [0.2, 0.25) is 0 Å². The van der Waals surface area contributed by atoms with Gasteiger partial charge in [-0.3, -0.25) is 63.3 Å². The zero-order valence-electron chi connectivity index (χ0n) is 42.2. The Morgan fingerprint density at radius 3 is 1.16 bits per heavy atom. The average Bonchev–Trinajstić information content (AvgIpc) is 3.30. The van der Waals surface area contributed by atoms with Crippen molar-refractivity contribution in [1.29, 1.82) is 5.41 Å². The van der Waals surface area contributed by atoms with Gasteiger partial charge in [0.1, 0.15) is 48.3 Å². The number of amides is 12. The third-order valence-corrected chi connectivity index (χ3v) is 10.5. The van der Waals surface area contributed by atoms with Crippen molar-refractivity contribution in [2.45, 2.75) is 153 Å². The molecule has 0 aromatic rings. The van der Waals surface area contributed by atoms with Crippen LogP contribution in [0.4, 0.5) is 4.79 Å². The van der Waals surface area contributed by atoms with E-state index in [2.05, 4.69) is 63.2 Å². The lowest BCUT2D eigenvalue weighted by atomic mass is 10.0. The van der Waals surface area contributed by atoms with Gasteiger partial charge in [0.2, 0.25) is 59.1 Å². The zero-order chi connectivity index (χ0) is 55.8. The highest BCUT2D eigenvalue weighted by molar-refractivity contribution is 5.98. The maximum Gasteiger partial charge on any atom is 0.312 e. The molecule has 8 atom stereocenters. The van der Waals surface area contributed by atoms with E-state index in [1.165, 1.54) is 34.7 Å². The first kappa shape index (κ1) is 65.0. The molecule has 0 saturated carbocycles. The van der Waals surface area contributed by atoms with E-state index in [0.29, 0.717) is 6.42 Å². The van der Waals surface area contributed by atoms with Crippen LogP contribution in [0.25, 0.3) is 0 Å². The molecule has 0 aliphatic rings. The molecule has 0 rings (SSSR count). The monoisotopic (exact) mass is 1040 g/mol. The highest BCUT2D eigenvalue weighted by atomic mass is 16.2. The second-order valence-corrected chi connectivity index (χ2v) is 16.9. The number of rotatable bonds is 36. The lowest BCUT2D eigenvalue weighted by molar-refractivity contribution is -0.136. The molecule has 0 aliphatic heterocycles. The number of nitrogens with two attached hydrogens (primary N) is 7. The summed E-state index contributed by atoms with van der Waals surface area (Å²) in [6.45, 7) is 5.32. The Kier molecular flexibility index (Phi) is 31.3. The number of nitrogens with zero attached hydrogens (tertiary/aromatic N) is 2. The van der Waals surface area contributed by atoms with Crippen LogP contribution in [0.3, 0.4) is 0 Å². The molecule has 4 unspecified atom stereocenters. The van der Waals surface area contributed by atoms with Crippen molar-refractivity contribution < 1.29 is 52.7 Å². The molecule has 0 heterocycles. The number of aliphatic imine (C=N–C) groups is 2. The maximum absolute atomic E-state index is 14.2. The van der Waals surface area contributed by atoms with Crippen molar-refractivity contribution in [2.75, 3.05) is 26.7 Å². The summed E-state index contributed by atoms with van der Waals surface area (Å²) in [6.07, 6.45) is -0.113. The van der Waals surface area contributed by atoms with Crippen molar-refractivity contribution in [1.82, 2.24) is 53.2 Å². The van der Waals surface area contributed by atoms with Crippen LogP contribution >= 0.6 is 0 Å². The number of likely N-dealkylation sites (N-methyl/N-ethyl adjacent to an activating group) is 1. The van der Waals surface area contributed by atoms with Gasteiger partial charge in [-0.1, -0.05) is 6.42 Å². The fourth-order valence-electron chi connectivity index (χ4n) is 6.56. The number of amidine groups is 1. The van der Waals surface area contributed by atoms with Crippen molar-refractivity contribution in [2.24, 2.45) is 50.1 Å². The number of primary amides is 2. The topological polar surface area (TPSA) is 539 Å². The predicted octanol–water partition coefficient (Wildman–Crippen LogP) is -6.99. The lowest BCUT2D eigenvalue weighted by Gasteiger charge is -2.27. The summed E-state index contributed by atoms with van der Waals surface area (Å²) in [6, 6.07) is -11.2. The molecule has 31 heteroatoms. The van der Waals surface area contributed by atoms with Crippen LogP contribution in [0, 0.1) is 5.41 Å². The Morgan fingerprint density at radius 1 is 0.438 bits per heavy atom. The molecular formula is C42H78N20O11. The lowest BCUT2D eigenvalue weighted by Crippen LogP contribution is -2.60. The van der Waals surface area contributed by atoms with E-state index in [1.807, 2.05) is 0 Å². The fourth-order valence-corrected chi connectivity index (χ4v) is 6.56. The van der Waals surface area contributed by atoms with E-state index in [-0.39, 0.29) is 102 Å². The number of nitrogens with one attached hydrogen (secondary N) is 11. The summed E-state index contributed by atoms with van der Waals surface area (Å²) in [5.74, 6) is -8.51. The zero-order valence-corrected chi connectivity index (χ0v) is 42.2. The van der Waals surface area contributed by atoms with E-state index >= 15 is 0 Å². The molecule has 0 aromatic heterocycles. The first-order valence-corrected chi connectivity index (χ1v) is 23.5. The molecule has 0 aliphatic carbocycles. The average molecular weight is 1040 g/mol. The van der Waals surface area contributed by atoms with Gasteiger partial charge in [-0.15, -0.1) is 0 Å². The minimum Gasteiger partial charge on any atom is -0.388 e. The molecule has 0 radical (unpaired) electrons. The number of guanidine groups is 2. The van der Waals surface area contributed by atoms with Crippen LogP contribution in [-0.2, 0) is 47.9 Å². The molecule has 412 valence electrons. The third kappa shape index (κ3) is 29.7. The summed E-state index contributed by atoms with van der Waals surface area (Å²) in [7, 11) is 1.38. The van der Waals surface area contributed by atoms with Gasteiger partial charge in [0.05, 0.1) is 5.84 Å². The number of urea groups is 1. The molecule has 73 heavy (non-hydrogen) atoms. The minimum atomic E-state index is -1.50. The quantitative estimate of drug-likeness (QED) is 0.0158. The van der Waals surface area contributed by atoms with Gasteiger partial charge < -0.3 is 93.3 Å². The Hall–Kier alpha value is -8.02. The summed E-state index contributed by atoms with van der Waals surface area (Å²) in [4.78, 5) is 150. The number of carbonyl (C=O) groups excluding carboxylic acids is 11. The summed E-state index contributed by atoms with van der Waals surface area (Å²) in [5.41, 5.74) is 37.8. The predicted molar refractivity (Wildman–Crippen MR) is 268 cm³/mol. The molecule has 0 bridgehead atoms. The molecule has 0 fully saturated rings. The molecule has 12 amide bonds. The highest BCUT2D eigenvalue weighted by Gasteiger charge is 2.33. The summed E-state index contributed by atoms with van der Waals surface area (Å²) >= 11 is 0. The Labute approximate surface area is 423 Å². The van der Waals surface area contributed by atoms with Crippen LogP contribution in [0.15, 0.2) is 9.98 Å². The largest absolute Gasteiger partial charge is 0.388 e. The van der Waals surface area contributed by atoms with Crippen LogP contribution in [0.5, 0.6) is 0 Å². The van der Waals surface area contributed by atoms with Crippen molar-refractivity contribution in [3.05, 3.63) is 0 Å². The fraction of sp³-hybridized carbons (Fsp3) is 0.667. The molecule has 25 N–H and O–H groups in total.